The lowest BCUT2D eigenvalue weighted by molar-refractivity contribution is -0.124. The fraction of sp³-hybridized carbons (Fsp3) is 0.692. The minimum atomic E-state index is -0.265. The zero-order valence-electron chi connectivity index (χ0n) is 11.6. The molecule has 0 radical (unpaired) electrons. The molecule has 106 valence electrons. The van der Waals surface area contributed by atoms with Crippen molar-refractivity contribution in [2.24, 2.45) is 0 Å². The van der Waals surface area contributed by atoms with E-state index in [1.165, 1.54) is 0 Å². The maximum atomic E-state index is 12.0. The quantitative estimate of drug-likeness (QED) is 0.827. The summed E-state index contributed by atoms with van der Waals surface area (Å²) in [5, 5.41) is 7.21. The molecule has 2 heterocycles. The van der Waals surface area contributed by atoms with Gasteiger partial charge < -0.3 is 10.1 Å². The number of carbonyl (C=O) groups is 1. The Bertz CT molecular complexity index is 413. The average molecular weight is 266 g/mol. The summed E-state index contributed by atoms with van der Waals surface area (Å²) >= 11 is 0. The molecule has 1 aromatic heterocycles. The standard InChI is InChI=1S/C13H22N4O2/c1-11-3-5-17(15-11)12(2)13(18)14-4-6-16-7-9-19-10-8-16/h3,5,12H,4,6-10H2,1-2H3,(H,14,18). The van der Waals surface area contributed by atoms with E-state index in [0.29, 0.717) is 6.54 Å². The molecule has 6 heteroatoms. The molecule has 1 fully saturated rings. The van der Waals surface area contributed by atoms with E-state index < -0.39 is 0 Å². The number of rotatable bonds is 5. The molecular weight excluding hydrogens is 244 g/mol. The van der Waals surface area contributed by atoms with E-state index in [2.05, 4.69) is 15.3 Å². The first-order chi connectivity index (χ1) is 9.16. The molecule has 0 spiro atoms. The van der Waals surface area contributed by atoms with Crippen molar-refractivity contribution in [3.05, 3.63) is 18.0 Å². The Hall–Kier alpha value is -1.40. The van der Waals surface area contributed by atoms with Crippen LogP contribution in [0.15, 0.2) is 12.3 Å². The second-order valence-electron chi connectivity index (χ2n) is 4.86. The summed E-state index contributed by atoms with van der Waals surface area (Å²) in [7, 11) is 0. The van der Waals surface area contributed by atoms with Gasteiger partial charge in [-0.15, -0.1) is 0 Å². The van der Waals surface area contributed by atoms with Crippen LogP contribution in [0.25, 0.3) is 0 Å². The summed E-state index contributed by atoms with van der Waals surface area (Å²) in [6, 6.07) is 1.63. The summed E-state index contributed by atoms with van der Waals surface area (Å²) in [6.07, 6.45) is 1.83. The maximum Gasteiger partial charge on any atom is 0.244 e. The van der Waals surface area contributed by atoms with Crippen LogP contribution in [-0.2, 0) is 9.53 Å². The average Bonchev–Trinajstić information content (AvgIpc) is 2.85. The summed E-state index contributed by atoms with van der Waals surface area (Å²) in [5.74, 6) is 0.0105. The molecule has 1 aromatic rings. The molecule has 6 nitrogen and oxygen atoms in total. The number of hydrogen-bond acceptors (Lipinski definition) is 4. The van der Waals surface area contributed by atoms with Crippen LogP contribution in [0.1, 0.15) is 18.7 Å². The number of aromatic nitrogens is 2. The Labute approximate surface area is 113 Å². The van der Waals surface area contributed by atoms with Crippen LogP contribution in [-0.4, -0.2) is 60.0 Å². The van der Waals surface area contributed by atoms with E-state index >= 15 is 0 Å². The van der Waals surface area contributed by atoms with E-state index in [9.17, 15) is 4.79 Å². The van der Waals surface area contributed by atoms with Gasteiger partial charge in [0.15, 0.2) is 0 Å². The summed E-state index contributed by atoms with van der Waals surface area (Å²) in [6.45, 7) is 8.79. The van der Waals surface area contributed by atoms with Crippen LogP contribution in [0.4, 0.5) is 0 Å². The van der Waals surface area contributed by atoms with Crippen molar-refractivity contribution < 1.29 is 9.53 Å². The van der Waals surface area contributed by atoms with Crippen LogP contribution in [0.5, 0.6) is 0 Å². The molecule has 1 saturated heterocycles. The van der Waals surface area contributed by atoms with Crippen molar-refractivity contribution in [2.45, 2.75) is 19.9 Å². The van der Waals surface area contributed by atoms with Gasteiger partial charge in [-0.1, -0.05) is 0 Å². The minimum absolute atomic E-state index is 0.0105. The van der Waals surface area contributed by atoms with Crippen molar-refractivity contribution in [3.8, 4) is 0 Å². The molecule has 1 amide bonds. The topological polar surface area (TPSA) is 59.4 Å². The Kier molecular flexibility index (Phi) is 4.93. The van der Waals surface area contributed by atoms with Crippen LogP contribution in [0, 0.1) is 6.92 Å². The SMILES string of the molecule is Cc1ccn(C(C)C(=O)NCCN2CCOCC2)n1. The zero-order chi connectivity index (χ0) is 13.7. The van der Waals surface area contributed by atoms with E-state index in [1.54, 1.807) is 4.68 Å². The summed E-state index contributed by atoms with van der Waals surface area (Å²) in [5.41, 5.74) is 0.924. The molecule has 1 N–H and O–H groups in total. The number of hydrogen-bond donors (Lipinski definition) is 1. The second-order valence-corrected chi connectivity index (χ2v) is 4.86. The van der Waals surface area contributed by atoms with Crippen molar-refractivity contribution in [2.75, 3.05) is 39.4 Å². The van der Waals surface area contributed by atoms with Gasteiger partial charge in [0.25, 0.3) is 0 Å². The lowest BCUT2D eigenvalue weighted by Crippen LogP contribution is -2.42. The van der Waals surface area contributed by atoms with Crippen molar-refractivity contribution in [1.82, 2.24) is 20.0 Å². The van der Waals surface area contributed by atoms with Crippen LogP contribution in [0.2, 0.25) is 0 Å². The van der Waals surface area contributed by atoms with Gasteiger partial charge in [-0.3, -0.25) is 14.4 Å². The number of aryl methyl sites for hydroxylation is 1. The smallest absolute Gasteiger partial charge is 0.244 e. The molecule has 19 heavy (non-hydrogen) atoms. The lowest BCUT2D eigenvalue weighted by atomic mass is 10.3. The highest BCUT2D eigenvalue weighted by Gasteiger charge is 2.16. The molecule has 1 aliphatic heterocycles. The van der Waals surface area contributed by atoms with Crippen molar-refractivity contribution in [3.63, 3.8) is 0 Å². The number of amides is 1. The van der Waals surface area contributed by atoms with Crippen molar-refractivity contribution in [1.29, 1.82) is 0 Å². The normalized spacial score (nSPS) is 18.2. The van der Waals surface area contributed by atoms with Gasteiger partial charge in [-0.05, 0) is 19.9 Å². The Balaban J connectivity index is 1.71. The molecule has 0 aromatic carbocycles. The number of morpholine rings is 1. The monoisotopic (exact) mass is 266 g/mol. The van der Waals surface area contributed by atoms with Gasteiger partial charge in [0, 0.05) is 32.4 Å². The third-order valence-corrected chi connectivity index (χ3v) is 3.35. The Morgan fingerprint density at radius 2 is 2.26 bits per heavy atom. The molecule has 0 aliphatic carbocycles. The maximum absolute atomic E-state index is 12.0. The van der Waals surface area contributed by atoms with Gasteiger partial charge in [-0.2, -0.15) is 5.10 Å². The first-order valence-electron chi connectivity index (χ1n) is 6.76. The molecule has 1 atom stereocenters. The minimum Gasteiger partial charge on any atom is -0.379 e. The van der Waals surface area contributed by atoms with Gasteiger partial charge in [0.2, 0.25) is 5.91 Å². The van der Waals surface area contributed by atoms with E-state index in [1.807, 2.05) is 26.1 Å². The molecular formula is C13H22N4O2. The molecule has 0 saturated carbocycles. The number of nitrogens with zero attached hydrogens (tertiary/aromatic N) is 3. The fourth-order valence-corrected chi connectivity index (χ4v) is 2.08. The third-order valence-electron chi connectivity index (χ3n) is 3.35. The van der Waals surface area contributed by atoms with E-state index in [0.717, 1.165) is 38.5 Å². The highest BCUT2D eigenvalue weighted by Crippen LogP contribution is 2.05. The van der Waals surface area contributed by atoms with Crippen LogP contribution >= 0.6 is 0 Å². The Morgan fingerprint density at radius 1 is 1.53 bits per heavy atom. The number of ether oxygens (including phenoxy) is 1. The first kappa shape index (κ1) is 14.0. The van der Waals surface area contributed by atoms with Crippen LogP contribution in [0.3, 0.4) is 0 Å². The lowest BCUT2D eigenvalue weighted by Gasteiger charge is -2.26. The molecule has 2 rings (SSSR count). The third kappa shape index (κ3) is 4.04. The number of carbonyl (C=O) groups excluding carboxylic acids is 1. The molecule has 1 unspecified atom stereocenters. The highest BCUT2D eigenvalue weighted by molar-refractivity contribution is 5.79. The number of nitrogens with one attached hydrogen (secondary N) is 1. The molecule has 0 bridgehead atoms. The second kappa shape index (κ2) is 6.68. The van der Waals surface area contributed by atoms with Gasteiger partial charge in [-0.25, -0.2) is 0 Å². The van der Waals surface area contributed by atoms with E-state index in [-0.39, 0.29) is 11.9 Å². The predicted molar refractivity (Wildman–Crippen MR) is 71.9 cm³/mol. The largest absolute Gasteiger partial charge is 0.379 e. The van der Waals surface area contributed by atoms with Gasteiger partial charge in [0.05, 0.1) is 18.9 Å². The van der Waals surface area contributed by atoms with Crippen molar-refractivity contribution >= 4 is 5.91 Å². The highest BCUT2D eigenvalue weighted by atomic mass is 16.5. The van der Waals surface area contributed by atoms with Gasteiger partial charge >= 0.3 is 0 Å². The predicted octanol–water partition coefficient (Wildman–Crippen LogP) is 0.201. The first-order valence-corrected chi connectivity index (χ1v) is 6.76. The summed E-state index contributed by atoms with van der Waals surface area (Å²) < 4.78 is 6.98. The van der Waals surface area contributed by atoms with E-state index in [4.69, 9.17) is 4.74 Å². The summed E-state index contributed by atoms with van der Waals surface area (Å²) in [4.78, 5) is 14.3. The zero-order valence-corrected chi connectivity index (χ0v) is 11.6. The molecule has 1 aliphatic rings. The van der Waals surface area contributed by atoms with Crippen LogP contribution < -0.4 is 5.32 Å². The Morgan fingerprint density at radius 3 is 2.89 bits per heavy atom. The van der Waals surface area contributed by atoms with Gasteiger partial charge in [0.1, 0.15) is 6.04 Å². The fourth-order valence-electron chi connectivity index (χ4n) is 2.08.